The van der Waals surface area contributed by atoms with Gasteiger partial charge in [0.05, 0.1) is 17.9 Å². The highest BCUT2D eigenvalue weighted by atomic mass is 79.9. The second kappa shape index (κ2) is 11.1. The molecule has 0 atom stereocenters. The molecule has 8 heteroatoms. The number of aromatic hydroxyl groups is 4. The summed E-state index contributed by atoms with van der Waals surface area (Å²) in [6.07, 6.45) is 0. The number of hydrogen-bond acceptors (Lipinski definition) is 4. The molecule has 0 aliphatic carbocycles. The Morgan fingerprint density at radius 2 is 0.744 bits per heavy atom. The molecule has 0 saturated carbocycles. The van der Waals surface area contributed by atoms with Crippen LogP contribution in [0.1, 0.15) is 57.3 Å². The first-order valence-corrected chi connectivity index (χ1v) is 15.3. The minimum atomic E-state index is -0.752. The van der Waals surface area contributed by atoms with Gasteiger partial charge in [0.15, 0.2) is 0 Å². The summed E-state index contributed by atoms with van der Waals surface area (Å²) < 4.78 is 2.14. The zero-order valence-electron chi connectivity index (χ0n) is 22.0. The summed E-state index contributed by atoms with van der Waals surface area (Å²) in [5.74, 6) is 0.340. The lowest BCUT2D eigenvalue weighted by molar-refractivity contribution is 0.454. The summed E-state index contributed by atoms with van der Waals surface area (Å²) in [6.45, 7) is 9.69. The third-order valence-electron chi connectivity index (χ3n) is 7.50. The van der Waals surface area contributed by atoms with Crippen molar-refractivity contribution >= 4 is 63.7 Å². The van der Waals surface area contributed by atoms with E-state index in [1.165, 1.54) is 0 Å². The molecule has 0 radical (unpaired) electrons. The van der Waals surface area contributed by atoms with Crippen LogP contribution in [0.25, 0.3) is 0 Å². The largest absolute Gasteiger partial charge is 0.507 e. The minimum absolute atomic E-state index is 0.0971. The lowest BCUT2D eigenvalue weighted by Gasteiger charge is -2.41. The van der Waals surface area contributed by atoms with E-state index in [4.69, 9.17) is 0 Å². The van der Waals surface area contributed by atoms with Gasteiger partial charge < -0.3 is 20.4 Å². The maximum Gasteiger partial charge on any atom is 0.143 e. The van der Waals surface area contributed by atoms with Crippen molar-refractivity contribution in [3.05, 3.63) is 111 Å². The fourth-order valence-corrected chi connectivity index (χ4v) is 7.82. The van der Waals surface area contributed by atoms with Crippen LogP contribution in [0.3, 0.4) is 0 Å². The van der Waals surface area contributed by atoms with Crippen molar-refractivity contribution in [2.24, 2.45) is 0 Å². The second-order valence-corrected chi connectivity index (χ2v) is 13.6. The topological polar surface area (TPSA) is 80.9 Å². The van der Waals surface area contributed by atoms with Crippen LogP contribution in [0.4, 0.5) is 0 Å². The van der Waals surface area contributed by atoms with Crippen LogP contribution < -0.4 is 0 Å². The van der Waals surface area contributed by atoms with E-state index in [0.29, 0.717) is 17.9 Å². The first-order valence-electron chi connectivity index (χ1n) is 12.1. The third kappa shape index (κ3) is 5.37. The molecule has 0 unspecified atom stereocenters. The van der Waals surface area contributed by atoms with Gasteiger partial charge in [0.2, 0.25) is 0 Å². The first kappa shape index (κ1) is 30.0. The Labute approximate surface area is 262 Å². The Hall–Kier alpha value is -2.00. The summed E-state index contributed by atoms with van der Waals surface area (Å²) in [7, 11) is 0. The van der Waals surface area contributed by atoms with Crippen molar-refractivity contribution in [1.82, 2.24) is 0 Å². The van der Waals surface area contributed by atoms with Gasteiger partial charge in [0.25, 0.3) is 0 Å². The molecule has 0 spiro atoms. The van der Waals surface area contributed by atoms with E-state index in [9.17, 15) is 20.4 Å². The van der Waals surface area contributed by atoms with Gasteiger partial charge in [-0.2, -0.15) is 0 Å². The standard InChI is InChI=1S/C31H28Br4O4/c1-14-6-20(7-15(2)27(14)36)31(5,21-8-16(3)28(37)17(4)9-21)26(18-10-22(32)29(38)23(33)11-18)19-12-24(34)30(39)25(35)13-19/h6-13,26,36-39H,1-5H3. The molecular formula is C31H28Br4O4. The summed E-state index contributed by atoms with van der Waals surface area (Å²) in [5.41, 5.74) is 5.97. The van der Waals surface area contributed by atoms with Gasteiger partial charge in [-0.3, -0.25) is 0 Å². The number of hydrogen-bond donors (Lipinski definition) is 4. The molecule has 39 heavy (non-hydrogen) atoms. The van der Waals surface area contributed by atoms with Crippen molar-refractivity contribution in [3.8, 4) is 23.0 Å². The number of rotatable bonds is 5. The molecular weight excluding hydrogens is 756 g/mol. The van der Waals surface area contributed by atoms with E-state index >= 15 is 0 Å². The van der Waals surface area contributed by atoms with Crippen molar-refractivity contribution in [2.75, 3.05) is 0 Å². The SMILES string of the molecule is Cc1cc(C(C)(c2cc(C)c(O)c(C)c2)C(c2cc(Br)c(O)c(Br)c2)c2cc(Br)c(O)c(Br)c2)cc(C)c1O. The number of phenolic OH excluding ortho intramolecular Hbond substituents is 4. The highest BCUT2D eigenvalue weighted by molar-refractivity contribution is 9.11. The maximum absolute atomic E-state index is 10.7. The van der Waals surface area contributed by atoms with Crippen LogP contribution in [-0.2, 0) is 5.41 Å². The molecule has 4 aromatic carbocycles. The number of phenols is 4. The van der Waals surface area contributed by atoms with Crippen molar-refractivity contribution in [2.45, 2.75) is 46.0 Å². The van der Waals surface area contributed by atoms with Gasteiger partial charge in [-0.05, 0) is 160 Å². The van der Waals surface area contributed by atoms with Gasteiger partial charge in [-0.15, -0.1) is 0 Å². The molecule has 0 aliphatic rings. The average Bonchev–Trinajstić information content (AvgIpc) is 2.86. The Morgan fingerprint density at radius 3 is 1.00 bits per heavy atom. The van der Waals surface area contributed by atoms with Crippen molar-refractivity contribution in [1.29, 1.82) is 0 Å². The molecule has 0 heterocycles. The number of benzene rings is 4. The van der Waals surface area contributed by atoms with Gasteiger partial charge in [0.1, 0.15) is 23.0 Å². The monoisotopic (exact) mass is 780 g/mol. The summed E-state index contributed by atoms with van der Waals surface area (Å²) in [4.78, 5) is 0. The zero-order chi connectivity index (χ0) is 29.0. The summed E-state index contributed by atoms with van der Waals surface area (Å²) >= 11 is 14.1. The molecule has 4 N–H and O–H groups in total. The normalized spacial score (nSPS) is 11.8. The fraction of sp³-hybridized carbons (Fsp3) is 0.226. The van der Waals surface area contributed by atoms with Gasteiger partial charge in [-0.1, -0.05) is 31.2 Å². The van der Waals surface area contributed by atoms with E-state index < -0.39 is 5.41 Å². The van der Waals surface area contributed by atoms with Gasteiger partial charge >= 0.3 is 0 Å². The lowest BCUT2D eigenvalue weighted by Crippen LogP contribution is -2.33. The van der Waals surface area contributed by atoms with E-state index in [1.54, 1.807) is 0 Å². The minimum Gasteiger partial charge on any atom is -0.507 e. The molecule has 4 rings (SSSR count). The van der Waals surface area contributed by atoms with Crippen LogP contribution in [0, 0.1) is 27.7 Å². The molecule has 0 aromatic heterocycles. The van der Waals surface area contributed by atoms with E-state index in [-0.39, 0.29) is 28.9 Å². The second-order valence-electron chi connectivity index (χ2n) is 10.2. The molecule has 0 aliphatic heterocycles. The summed E-state index contributed by atoms with van der Waals surface area (Å²) in [5, 5.41) is 42.4. The lowest BCUT2D eigenvalue weighted by atomic mass is 9.62. The molecule has 0 amide bonds. The molecule has 4 aromatic rings. The van der Waals surface area contributed by atoms with Crippen LogP contribution in [0.5, 0.6) is 23.0 Å². The van der Waals surface area contributed by atoms with E-state index in [1.807, 2.05) is 76.2 Å². The molecule has 4 nitrogen and oxygen atoms in total. The van der Waals surface area contributed by atoms with Crippen LogP contribution >= 0.6 is 63.7 Å². The molecule has 0 bridgehead atoms. The number of halogens is 4. The van der Waals surface area contributed by atoms with E-state index in [2.05, 4.69) is 70.6 Å². The van der Waals surface area contributed by atoms with E-state index in [0.717, 1.165) is 44.5 Å². The van der Waals surface area contributed by atoms with Crippen LogP contribution in [0.15, 0.2) is 66.4 Å². The Morgan fingerprint density at radius 1 is 0.487 bits per heavy atom. The van der Waals surface area contributed by atoms with Crippen LogP contribution in [0.2, 0.25) is 0 Å². The Kier molecular flexibility index (Phi) is 8.54. The first-order chi connectivity index (χ1) is 18.2. The van der Waals surface area contributed by atoms with Gasteiger partial charge in [0, 0.05) is 11.3 Å². The predicted molar refractivity (Wildman–Crippen MR) is 170 cm³/mol. The van der Waals surface area contributed by atoms with Crippen LogP contribution in [-0.4, -0.2) is 20.4 Å². The summed E-state index contributed by atoms with van der Waals surface area (Å²) in [6, 6.07) is 15.6. The predicted octanol–water partition coefficient (Wildman–Crippen LogP) is 9.93. The maximum atomic E-state index is 10.7. The van der Waals surface area contributed by atoms with Crippen molar-refractivity contribution < 1.29 is 20.4 Å². The Balaban J connectivity index is 2.21. The average molecular weight is 784 g/mol. The highest BCUT2D eigenvalue weighted by Gasteiger charge is 2.42. The van der Waals surface area contributed by atoms with Crippen molar-refractivity contribution in [3.63, 3.8) is 0 Å². The number of aryl methyl sites for hydroxylation is 4. The fourth-order valence-electron chi connectivity index (χ4n) is 5.37. The molecule has 0 fully saturated rings. The quantitative estimate of drug-likeness (QED) is 0.163. The zero-order valence-corrected chi connectivity index (χ0v) is 28.3. The third-order valence-corrected chi connectivity index (χ3v) is 9.92. The van der Waals surface area contributed by atoms with Gasteiger partial charge in [-0.25, -0.2) is 0 Å². The highest BCUT2D eigenvalue weighted by Crippen LogP contribution is 2.53. The molecule has 204 valence electrons. The smallest absolute Gasteiger partial charge is 0.143 e. The Bertz CT molecular complexity index is 1410. The molecule has 0 saturated heterocycles.